The van der Waals surface area contributed by atoms with Crippen LogP contribution in [0.3, 0.4) is 0 Å². The van der Waals surface area contributed by atoms with Crippen molar-refractivity contribution in [3.63, 3.8) is 0 Å². The van der Waals surface area contributed by atoms with Crippen molar-refractivity contribution in [1.29, 1.82) is 0 Å². The van der Waals surface area contributed by atoms with Crippen molar-refractivity contribution in [1.82, 2.24) is 14.9 Å². The number of rotatable bonds is 6. The average molecular weight is 410 g/mol. The summed E-state index contributed by atoms with van der Waals surface area (Å²) >= 11 is 7.19. The number of thiophene rings is 1. The summed E-state index contributed by atoms with van der Waals surface area (Å²) in [5.74, 6) is 1.41. The first-order chi connectivity index (χ1) is 12.5. The fourth-order valence-electron chi connectivity index (χ4n) is 2.63. The summed E-state index contributed by atoms with van der Waals surface area (Å²) < 4.78 is 33.1. The molecule has 136 valence electrons. The Balaban J connectivity index is 1.49. The molecule has 0 bridgehead atoms. The molecule has 1 N–H and O–H groups in total. The van der Waals surface area contributed by atoms with Crippen LogP contribution in [0.25, 0.3) is 11.4 Å². The molecular weight excluding hydrogens is 394 g/mol. The molecule has 0 amide bonds. The van der Waals surface area contributed by atoms with Gasteiger partial charge < -0.3 is 4.52 Å². The lowest BCUT2D eigenvalue weighted by Crippen LogP contribution is -2.22. The minimum atomic E-state index is -3.64. The van der Waals surface area contributed by atoms with Gasteiger partial charge in [0.05, 0.1) is 0 Å². The predicted octanol–water partition coefficient (Wildman–Crippen LogP) is 4.20. The Morgan fingerprint density at radius 1 is 1.31 bits per heavy atom. The number of hydrogen-bond acceptors (Lipinski definition) is 6. The third-order valence-corrected chi connectivity index (χ3v) is 7.61. The monoisotopic (exact) mass is 409 g/mol. The summed E-state index contributed by atoms with van der Waals surface area (Å²) in [5.41, 5.74) is 1.36. The van der Waals surface area contributed by atoms with Crippen LogP contribution in [0.5, 0.6) is 0 Å². The molecule has 0 atom stereocenters. The van der Waals surface area contributed by atoms with Gasteiger partial charge in [-0.25, -0.2) is 13.1 Å². The first kappa shape index (κ1) is 17.7. The Morgan fingerprint density at radius 2 is 2.12 bits per heavy atom. The van der Waals surface area contributed by atoms with Crippen molar-refractivity contribution < 1.29 is 12.9 Å². The van der Waals surface area contributed by atoms with Gasteiger partial charge in [0.15, 0.2) is 0 Å². The maximum absolute atomic E-state index is 12.5. The van der Waals surface area contributed by atoms with Gasteiger partial charge in [-0.1, -0.05) is 41.4 Å². The molecule has 9 heteroatoms. The molecule has 0 saturated heterocycles. The van der Waals surface area contributed by atoms with E-state index >= 15 is 0 Å². The average Bonchev–Trinajstić information content (AvgIpc) is 3.22. The molecule has 6 nitrogen and oxygen atoms in total. The number of sulfonamides is 1. The molecule has 0 aliphatic heterocycles. The minimum Gasteiger partial charge on any atom is -0.339 e. The second-order valence-electron chi connectivity index (χ2n) is 6.15. The van der Waals surface area contributed by atoms with E-state index in [0.29, 0.717) is 28.2 Å². The molecule has 0 radical (unpaired) electrons. The number of halogens is 1. The molecule has 0 spiro atoms. The van der Waals surface area contributed by atoms with Gasteiger partial charge in [-0.3, -0.25) is 0 Å². The Morgan fingerprint density at radius 3 is 2.85 bits per heavy atom. The molecule has 0 unspecified atom stereocenters. The van der Waals surface area contributed by atoms with Gasteiger partial charge in [-0.05, 0) is 30.5 Å². The van der Waals surface area contributed by atoms with Gasteiger partial charge in [-0.15, -0.1) is 11.3 Å². The van der Waals surface area contributed by atoms with Gasteiger partial charge in [0.2, 0.25) is 21.7 Å². The van der Waals surface area contributed by atoms with Crippen LogP contribution in [0.4, 0.5) is 0 Å². The van der Waals surface area contributed by atoms with E-state index < -0.39 is 10.0 Å². The number of nitrogens with zero attached hydrogens (tertiary/aromatic N) is 2. The van der Waals surface area contributed by atoms with Gasteiger partial charge in [0.1, 0.15) is 4.21 Å². The van der Waals surface area contributed by atoms with Crippen LogP contribution in [-0.2, 0) is 16.6 Å². The molecular formula is C17H16ClN3O3S2. The highest BCUT2D eigenvalue weighted by Crippen LogP contribution is 2.36. The van der Waals surface area contributed by atoms with E-state index in [0.717, 1.165) is 29.7 Å². The Labute approximate surface area is 160 Å². The highest BCUT2D eigenvalue weighted by molar-refractivity contribution is 7.91. The van der Waals surface area contributed by atoms with Crippen molar-refractivity contribution in [2.24, 2.45) is 0 Å². The van der Waals surface area contributed by atoms with Gasteiger partial charge >= 0.3 is 0 Å². The van der Waals surface area contributed by atoms with Gasteiger partial charge in [0, 0.05) is 28.4 Å². The zero-order chi connectivity index (χ0) is 18.1. The van der Waals surface area contributed by atoms with Crippen LogP contribution in [0, 0.1) is 0 Å². The van der Waals surface area contributed by atoms with Crippen molar-refractivity contribution in [3.8, 4) is 11.4 Å². The van der Waals surface area contributed by atoms with Gasteiger partial charge in [0.25, 0.3) is 0 Å². The maximum Gasteiger partial charge on any atom is 0.250 e. The quantitative estimate of drug-likeness (QED) is 0.659. The van der Waals surface area contributed by atoms with Crippen molar-refractivity contribution in [3.05, 3.63) is 52.2 Å². The number of aromatic nitrogens is 2. The summed E-state index contributed by atoms with van der Waals surface area (Å²) in [4.78, 5) is 4.40. The Hall–Kier alpha value is -1.74. The highest BCUT2D eigenvalue weighted by atomic mass is 35.5. The molecule has 2 heterocycles. The van der Waals surface area contributed by atoms with Crippen LogP contribution < -0.4 is 4.72 Å². The van der Waals surface area contributed by atoms with Crippen molar-refractivity contribution >= 4 is 33.0 Å². The molecule has 2 aromatic heterocycles. The van der Waals surface area contributed by atoms with Gasteiger partial charge in [-0.2, -0.15) is 4.98 Å². The first-order valence-electron chi connectivity index (χ1n) is 8.18. The zero-order valence-corrected chi connectivity index (χ0v) is 16.1. The fraction of sp³-hybridized carbons (Fsp3) is 0.294. The minimum absolute atomic E-state index is 0.128. The maximum atomic E-state index is 12.5. The molecule has 1 fully saturated rings. The summed E-state index contributed by atoms with van der Waals surface area (Å²) in [5, 5.41) is 6.22. The number of nitrogens with one attached hydrogen (secondary N) is 1. The normalized spacial score (nSPS) is 15.1. The third-order valence-electron chi connectivity index (χ3n) is 4.41. The first-order valence-corrected chi connectivity index (χ1v) is 10.9. The van der Waals surface area contributed by atoms with Crippen LogP contribution in [-0.4, -0.2) is 18.6 Å². The molecule has 1 aromatic carbocycles. The van der Waals surface area contributed by atoms with E-state index in [9.17, 15) is 8.42 Å². The number of hydrogen-bond donors (Lipinski definition) is 1. The summed E-state index contributed by atoms with van der Waals surface area (Å²) in [6.07, 6.45) is 3.31. The van der Waals surface area contributed by atoms with Crippen LogP contribution in [0.15, 0.2) is 44.4 Å². The lowest BCUT2D eigenvalue weighted by atomic mass is 9.85. The fourth-order valence-corrected chi connectivity index (χ4v) is 5.05. The van der Waals surface area contributed by atoms with E-state index in [2.05, 4.69) is 14.9 Å². The highest BCUT2D eigenvalue weighted by Gasteiger charge is 2.26. The summed E-state index contributed by atoms with van der Waals surface area (Å²) in [6.45, 7) is 0.128. The molecule has 26 heavy (non-hydrogen) atoms. The topological polar surface area (TPSA) is 85.1 Å². The summed E-state index contributed by atoms with van der Waals surface area (Å²) in [7, 11) is -3.64. The molecule has 1 saturated carbocycles. The van der Waals surface area contributed by atoms with Crippen LogP contribution >= 0.6 is 22.9 Å². The van der Waals surface area contributed by atoms with Crippen LogP contribution in [0.2, 0.25) is 5.02 Å². The lowest BCUT2D eigenvalue weighted by Gasteiger charge is -2.20. The van der Waals surface area contributed by atoms with E-state index in [1.807, 2.05) is 6.07 Å². The molecule has 3 aromatic rings. The second kappa shape index (κ2) is 7.11. The van der Waals surface area contributed by atoms with Crippen LogP contribution in [0.1, 0.15) is 36.6 Å². The van der Waals surface area contributed by atoms with Crippen molar-refractivity contribution in [2.75, 3.05) is 0 Å². The van der Waals surface area contributed by atoms with E-state index in [1.165, 1.54) is 6.42 Å². The zero-order valence-electron chi connectivity index (χ0n) is 13.7. The standard InChI is InChI=1S/C17H16ClN3O3S2/c18-14-7-2-1-4-12(14)9-19-26(22,23)15-8-13(10-25-15)16-20-17(24-21-16)11-5-3-6-11/h1-2,4,7-8,10-11,19H,3,5-6,9H2. The van der Waals surface area contributed by atoms with E-state index in [-0.39, 0.29) is 10.8 Å². The van der Waals surface area contributed by atoms with E-state index in [1.54, 1.807) is 29.6 Å². The Kier molecular flexibility index (Phi) is 4.83. The molecule has 1 aliphatic carbocycles. The molecule has 1 aliphatic rings. The summed E-state index contributed by atoms with van der Waals surface area (Å²) in [6, 6.07) is 8.69. The predicted molar refractivity (Wildman–Crippen MR) is 99.7 cm³/mol. The Bertz CT molecular complexity index is 1030. The number of benzene rings is 1. The molecule has 4 rings (SSSR count). The third kappa shape index (κ3) is 3.55. The van der Waals surface area contributed by atoms with Crippen molar-refractivity contribution in [2.45, 2.75) is 35.9 Å². The largest absolute Gasteiger partial charge is 0.339 e. The van der Waals surface area contributed by atoms with E-state index in [4.69, 9.17) is 16.1 Å². The smallest absolute Gasteiger partial charge is 0.250 e. The lowest BCUT2D eigenvalue weighted by molar-refractivity contribution is 0.292. The second-order valence-corrected chi connectivity index (χ2v) is 9.47. The SMILES string of the molecule is O=S(=O)(NCc1ccccc1Cl)c1cc(-c2noc(C3CCC3)n2)cs1.